The van der Waals surface area contributed by atoms with Gasteiger partial charge in [0.05, 0.1) is 4.88 Å². The summed E-state index contributed by atoms with van der Waals surface area (Å²) in [6, 6.07) is 13.8. The first kappa shape index (κ1) is 17.9. The van der Waals surface area contributed by atoms with Crippen molar-refractivity contribution in [3.63, 3.8) is 0 Å². The number of nitrogens with zero attached hydrogens (tertiary/aromatic N) is 1. The van der Waals surface area contributed by atoms with Crippen molar-refractivity contribution in [3.8, 4) is 10.6 Å². The van der Waals surface area contributed by atoms with Gasteiger partial charge in [-0.2, -0.15) is 0 Å². The fourth-order valence-electron chi connectivity index (χ4n) is 3.29. The van der Waals surface area contributed by atoms with Crippen LogP contribution in [0.4, 0.5) is 0 Å². The Morgan fingerprint density at radius 1 is 1.15 bits per heavy atom. The molecule has 0 radical (unpaired) electrons. The highest BCUT2D eigenvalue weighted by atomic mass is 32.2. The summed E-state index contributed by atoms with van der Waals surface area (Å²) >= 11 is 1.52. The molecule has 1 aliphatic carbocycles. The molecule has 0 N–H and O–H groups in total. The fourth-order valence-corrected chi connectivity index (χ4v) is 5.20. The van der Waals surface area contributed by atoms with Crippen molar-refractivity contribution in [2.45, 2.75) is 17.6 Å². The van der Waals surface area contributed by atoms with Crippen molar-refractivity contribution in [3.05, 3.63) is 89.4 Å². The highest BCUT2D eigenvalue weighted by Crippen LogP contribution is 2.44. The van der Waals surface area contributed by atoms with Gasteiger partial charge in [-0.3, -0.25) is 0 Å². The number of oxazole rings is 1. The average molecular weight is 398 g/mol. The van der Waals surface area contributed by atoms with E-state index < -0.39 is 14.6 Å². The SMILES string of the molecule is CS(=O)(=O)C1(c2oc(Cc3ccccc3)nc2-c2cccs2)C=CC=CC1. The molecule has 1 aromatic carbocycles. The summed E-state index contributed by atoms with van der Waals surface area (Å²) in [7, 11) is -3.48. The summed E-state index contributed by atoms with van der Waals surface area (Å²) in [6.45, 7) is 0. The lowest BCUT2D eigenvalue weighted by molar-refractivity contribution is 0.425. The smallest absolute Gasteiger partial charge is 0.199 e. The topological polar surface area (TPSA) is 60.2 Å². The van der Waals surface area contributed by atoms with Gasteiger partial charge in [0.15, 0.2) is 26.2 Å². The predicted molar refractivity (Wildman–Crippen MR) is 108 cm³/mol. The van der Waals surface area contributed by atoms with Gasteiger partial charge in [0.25, 0.3) is 0 Å². The third kappa shape index (κ3) is 3.31. The van der Waals surface area contributed by atoms with E-state index in [1.54, 1.807) is 12.2 Å². The Balaban J connectivity index is 1.88. The summed E-state index contributed by atoms with van der Waals surface area (Å²) in [6.07, 6.45) is 9.30. The first-order chi connectivity index (χ1) is 13.0. The highest BCUT2D eigenvalue weighted by molar-refractivity contribution is 7.91. The molecule has 1 unspecified atom stereocenters. The number of benzene rings is 1. The van der Waals surface area contributed by atoms with E-state index in [4.69, 9.17) is 9.40 Å². The summed E-state index contributed by atoms with van der Waals surface area (Å²) in [4.78, 5) is 5.60. The fraction of sp³-hybridized carbons (Fsp3) is 0.190. The quantitative estimate of drug-likeness (QED) is 0.623. The van der Waals surface area contributed by atoms with Crippen LogP contribution in [0.25, 0.3) is 10.6 Å². The molecule has 0 aliphatic heterocycles. The minimum Gasteiger partial charge on any atom is -0.443 e. The molecule has 1 aliphatic rings. The molecule has 27 heavy (non-hydrogen) atoms. The normalized spacial score (nSPS) is 19.4. The second-order valence-corrected chi connectivity index (χ2v) is 9.80. The molecular weight excluding hydrogens is 378 g/mol. The Hall–Kier alpha value is -2.44. The summed E-state index contributed by atoms with van der Waals surface area (Å²) in [5.41, 5.74) is 1.68. The van der Waals surface area contributed by atoms with Crippen LogP contribution in [0.5, 0.6) is 0 Å². The van der Waals surface area contributed by atoms with E-state index >= 15 is 0 Å². The van der Waals surface area contributed by atoms with Crippen molar-refractivity contribution in [1.29, 1.82) is 0 Å². The minimum absolute atomic E-state index is 0.334. The third-order valence-corrected chi connectivity index (χ3v) is 7.39. The molecule has 4 nitrogen and oxygen atoms in total. The molecule has 4 rings (SSSR count). The van der Waals surface area contributed by atoms with Crippen molar-refractivity contribution in [1.82, 2.24) is 4.98 Å². The molecule has 0 saturated carbocycles. The number of rotatable bonds is 5. The van der Waals surface area contributed by atoms with E-state index in [0.29, 0.717) is 30.2 Å². The molecule has 138 valence electrons. The number of aromatic nitrogens is 1. The number of sulfone groups is 1. The number of allylic oxidation sites excluding steroid dienone is 3. The maximum atomic E-state index is 12.8. The monoisotopic (exact) mass is 397 g/mol. The van der Waals surface area contributed by atoms with E-state index in [1.807, 2.05) is 60.0 Å². The summed E-state index contributed by atoms with van der Waals surface area (Å²) in [5, 5.41) is 1.95. The second-order valence-electron chi connectivity index (χ2n) is 6.58. The van der Waals surface area contributed by atoms with Crippen LogP contribution in [0.2, 0.25) is 0 Å². The third-order valence-electron chi connectivity index (χ3n) is 4.70. The van der Waals surface area contributed by atoms with E-state index in [2.05, 4.69) is 0 Å². The molecule has 0 bridgehead atoms. The van der Waals surface area contributed by atoms with Crippen LogP contribution < -0.4 is 0 Å². The van der Waals surface area contributed by atoms with Gasteiger partial charge in [-0.25, -0.2) is 13.4 Å². The van der Waals surface area contributed by atoms with Crippen LogP contribution in [0, 0.1) is 0 Å². The molecule has 6 heteroatoms. The molecule has 3 aromatic rings. The summed E-state index contributed by atoms with van der Waals surface area (Å²) in [5.74, 6) is 0.921. The lowest BCUT2D eigenvalue weighted by Crippen LogP contribution is -2.33. The maximum absolute atomic E-state index is 12.8. The van der Waals surface area contributed by atoms with Crippen molar-refractivity contribution in [2.75, 3.05) is 6.26 Å². The molecule has 1 atom stereocenters. The zero-order valence-corrected chi connectivity index (χ0v) is 16.5. The van der Waals surface area contributed by atoms with Crippen LogP contribution in [0.3, 0.4) is 0 Å². The Morgan fingerprint density at radius 3 is 2.59 bits per heavy atom. The average Bonchev–Trinajstić information content (AvgIpc) is 3.32. The maximum Gasteiger partial charge on any atom is 0.199 e. The molecule has 0 amide bonds. The number of hydrogen-bond acceptors (Lipinski definition) is 5. The van der Waals surface area contributed by atoms with Gasteiger partial charge in [-0.15, -0.1) is 11.3 Å². The van der Waals surface area contributed by atoms with E-state index in [-0.39, 0.29) is 0 Å². The largest absolute Gasteiger partial charge is 0.443 e. The van der Waals surface area contributed by atoms with Crippen LogP contribution in [-0.2, 0) is 21.0 Å². The zero-order valence-electron chi connectivity index (χ0n) is 14.8. The molecule has 0 saturated heterocycles. The first-order valence-corrected chi connectivity index (χ1v) is 11.4. The Morgan fingerprint density at radius 2 is 1.96 bits per heavy atom. The zero-order chi connectivity index (χ0) is 18.9. The Kier molecular flexibility index (Phi) is 4.61. The molecule has 2 heterocycles. The Labute approximate surface area is 162 Å². The van der Waals surface area contributed by atoms with Gasteiger partial charge < -0.3 is 4.42 Å². The number of hydrogen-bond donors (Lipinski definition) is 0. The van der Waals surface area contributed by atoms with Gasteiger partial charge in [0.1, 0.15) is 5.69 Å². The predicted octanol–water partition coefficient (Wildman–Crippen LogP) is 4.75. The van der Waals surface area contributed by atoms with Crippen LogP contribution in [0.1, 0.15) is 23.6 Å². The van der Waals surface area contributed by atoms with Crippen LogP contribution in [-0.4, -0.2) is 19.7 Å². The van der Waals surface area contributed by atoms with Crippen molar-refractivity contribution < 1.29 is 12.8 Å². The molecule has 0 fully saturated rings. The van der Waals surface area contributed by atoms with Crippen LogP contribution in [0.15, 0.2) is 76.6 Å². The standard InChI is InChI=1S/C21H19NO3S2/c1-27(23,24)21(12-6-3-7-13-21)20-19(17-11-8-14-26-17)22-18(25-20)15-16-9-4-2-5-10-16/h2-12,14H,13,15H2,1H3. The lowest BCUT2D eigenvalue weighted by atomic mass is 9.95. The second kappa shape index (κ2) is 6.94. The molecular formula is C21H19NO3S2. The van der Waals surface area contributed by atoms with Gasteiger partial charge in [-0.1, -0.05) is 60.7 Å². The number of thiophene rings is 1. The molecule has 2 aromatic heterocycles. The van der Waals surface area contributed by atoms with Gasteiger partial charge in [-0.05, 0) is 23.4 Å². The molecule has 0 spiro atoms. The van der Waals surface area contributed by atoms with Crippen LogP contribution >= 0.6 is 11.3 Å². The van der Waals surface area contributed by atoms with E-state index in [0.717, 1.165) is 10.4 Å². The first-order valence-electron chi connectivity index (χ1n) is 8.61. The van der Waals surface area contributed by atoms with Crippen molar-refractivity contribution >= 4 is 21.2 Å². The van der Waals surface area contributed by atoms with Gasteiger partial charge in [0, 0.05) is 12.7 Å². The van der Waals surface area contributed by atoms with Gasteiger partial charge in [0.2, 0.25) is 0 Å². The van der Waals surface area contributed by atoms with E-state index in [1.165, 1.54) is 17.6 Å². The summed E-state index contributed by atoms with van der Waals surface area (Å²) < 4.78 is 30.6. The highest BCUT2D eigenvalue weighted by Gasteiger charge is 2.46. The Bertz CT molecular complexity index is 1090. The van der Waals surface area contributed by atoms with Gasteiger partial charge >= 0.3 is 0 Å². The van der Waals surface area contributed by atoms with Crippen molar-refractivity contribution in [2.24, 2.45) is 0 Å². The minimum atomic E-state index is -3.48. The van der Waals surface area contributed by atoms with E-state index in [9.17, 15) is 8.42 Å². The lowest BCUT2D eigenvalue weighted by Gasteiger charge is -2.27.